The smallest absolute Gasteiger partial charge is 0.0461 e. The lowest BCUT2D eigenvalue weighted by Crippen LogP contribution is -2.21. The summed E-state index contributed by atoms with van der Waals surface area (Å²) >= 11 is 0. The van der Waals surface area contributed by atoms with Gasteiger partial charge < -0.3 is 9.80 Å². The molecule has 5 aromatic rings. The zero-order valence-electron chi connectivity index (χ0n) is 24.8. The Kier molecular flexibility index (Phi) is 9.54. The van der Waals surface area contributed by atoms with Crippen LogP contribution in [0.5, 0.6) is 0 Å². The predicted octanol–water partition coefficient (Wildman–Crippen LogP) is 9.88. The third-order valence-electron chi connectivity index (χ3n) is 7.99. The first-order valence-electron chi connectivity index (χ1n) is 15.1. The van der Waals surface area contributed by atoms with Crippen molar-refractivity contribution in [1.29, 1.82) is 0 Å². The van der Waals surface area contributed by atoms with Crippen molar-refractivity contribution >= 4 is 22.7 Å². The first-order chi connectivity index (χ1) is 20.1. The minimum atomic E-state index is 1.03. The standard InChI is InChI=1S/C39H42N2/c1-4-40(5-2)36-25-17-33(18-26-36)15-16-35-21-29-39(30-22-35)41(37-23-11-31(3)12-24-37)38-27-19-34(20-28-38)14-13-32-9-7-6-8-10-32/h6-12,17-30H,4-5,13-16H2,1-3H3. The number of hydrogen-bond acceptors (Lipinski definition) is 2. The molecule has 0 unspecified atom stereocenters. The quantitative estimate of drug-likeness (QED) is 0.156. The molecule has 2 heteroatoms. The second-order valence-corrected chi connectivity index (χ2v) is 10.8. The maximum Gasteiger partial charge on any atom is 0.0461 e. The fourth-order valence-electron chi connectivity index (χ4n) is 5.45. The summed E-state index contributed by atoms with van der Waals surface area (Å²) < 4.78 is 0. The molecule has 0 saturated heterocycles. The second kappa shape index (κ2) is 13.9. The summed E-state index contributed by atoms with van der Waals surface area (Å²) in [7, 11) is 0. The Morgan fingerprint density at radius 2 is 0.732 bits per heavy atom. The van der Waals surface area contributed by atoms with Gasteiger partial charge in [0.1, 0.15) is 0 Å². The van der Waals surface area contributed by atoms with Gasteiger partial charge >= 0.3 is 0 Å². The zero-order chi connectivity index (χ0) is 28.4. The Hall–Kier alpha value is -4.30. The van der Waals surface area contributed by atoms with E-state index < -0.39 is 0 Å². The lowest BCUT2D eigenvalue weighted by Gasteiger charge is -2.26. The molecule has 0 aromatic heterocycles. The molecule has 0 heterocycles. The average Bonchev–Trinajstić information content (AvgIpc) is 3.03. The molecule has 0 bridgehead atoms. The molecule has 2 nitrogen and oxygen atoms in total. The highest BCUT2D eigenvalue weighted by Gasteiger charge is 2.13. The lowest BCUT2D eigenvalue weighted by molar-refractivity contribution is 0.864. The van der Waals surface area contributed by atoms with Crippen LogP contribution in [0.1, 0.15) is 41.7 Å². The molecule has 0 atom stereocenters. The van der Waals surface area contributed by atoms with Crippen LogP contribution in [0.4, 0.5) is 22.7 Å². The Bertz CT molecular complexity index is 1470. The van der Waals surface area contributed by atoms with Crippen molar-refractivity contribution in [1.82, 2.24) is 0 Å². The van der Waals surface area contributed by atoms with Crippen LogP contribution in [0.2, 0.25) is 0 Å². The molecule has 0 saturated carbocycles. The summed E-state index contributed by atoms with van der Waals surface area (Å²) in [6.45, 7) is 8.65. The number of benzene rings is 5. The molecule has 41 heavy (non-hydrogen) atoms. The highest BCUT2D eigenvalue weighted by atomic mass is 15.1. The summed E-state index contributed by atoms with van der Waals surface area (Å²) in [5, 5.41) is 0. The van der Waals surface area contributed by atoms with Crippen molar-refractivity contribution in [2.24, 2.45) is 0 Å². The normalized spacial score (nSPS) is 10.9. The van der Waals surface area contributed by atoms with Gasteiger partial charge in [0.15, 0.2) is 0 Å². The van der Waals surface area contributed by atoms with E-state index in [1.807, 2.05) is 0 Å². The van der Waals surface area contributed by atoms with Gasteiger partial charge in [-0.15, -0.1) is 0 Å². The van der Waals surface area contributed by atoms with Crippen LogP contribution >= 0.6 is 0 Å². The number of hydrogen-bond donors (Lipinski definition) is 0. The lowest BCUT2D eigenvalue weighted by atomic mass is 10.0. The molecule has 0 amide bonds. The van der Waals surface area contributed by atoms with E-state index in [0.29, 0.717) is 0 Å². The molecule has 0 radical (unpaired) electrons. The van der Waals surface area contributed by atoms with E-state index >= 15 is 0 Å². The van der Waals surface area contributed by atoms with Crippen molar-refractivity contribution in [3.8, 4) is 0 Å². The van der Waals surface area contributed by atoms with E-state index in [4.69, 9.17) is 0 Å². The monoisotopic (exact) mass is 538 g/mol. The SMILES string of the molecule is CCN(CC)c1ccc(CCc2ccc(N(c3ccc(C)cc3)c3ccc(CCc4ccccc4)cc3)cc2)cc1. The van der Waals surface area contributed by atoms with Crippen LogP contribution in [0.25, 0.3) is 0 Å². The van der Waals surface area contributed by atoms with E-state index in [-0.39, 0.29) is 0 Å². The van der Waals surface area contributed by atoms with Gasteiger partial charge in [-0.2, -0.15) is 0 Å². The van der Waals surface area contributed by atoms with Crippen molar-refractivity contribution in [3.63, 3.8) is 0 Å². The highest BCUT2D eigenvalue weighted by Crippen LogP contribution is 2.35. The van der Waals surface area contributed by atoms with Crippen LogP contribution in [0.15, 0.2) is 127 Å². The van der Waals surface area contributed by atoms with Gasteiger partial charge in [-0.25, -0.2) is 0 Å². The summed E-state index contributed by atoms with van der Waals surface area (Å²) in [5.41, 5.74) is 11.6. The van der Waals surface area contributed by atoms with Gasteiger partial charge in [0.05, 0.1) is 0 Å². The topological polar surface area (TPSA) is 6.48 Å². The van der Waals surface area contributed by atoms with E-state index in [0.717, 1.165) is 38.8 Å². The molecule has 208 valence electrons. The third kappa shape index (κ3) is 7.46. The predicted molar refractivity (Wildman–Crippen MR) is 177 cm³/mol. The van der Waals surface area contributed by atoms with Crippen molar-refractivity contribution < 1.29 is 0 Å². The van der Waals surface area contributed by atoms with Crippen LogP contribution in [-0.4, -0.2) is 13.1 Å². The maximum atomic E-state index is 2.39. The minimum Gasteiger partial charge on any atom is -0.372 e. The molecule has 5 rings (SSSR count). The summed E-state index contributed by atoms with van der Waals surface area (Å²) in [6.07, 6.45) is 4.18. The molecule has 0 aliphatic heterocycles. The molecule has 0 aliphatic rings. The highest BCUT2D eigenvalue weighted by molar-refractivity contribution is 5.76. The van der Waals surface area contributed by atoms with Crippen LogP contribution in [-0.2, 0) is 25.7 Å². The molecule has 0 aliphatic carbocycles. The minimum absolute atomic E-state index is 1.03. The number of anilines is 4. The molecule has 0 spiro atoms. The van der Waals surface area contributed by atoms with Crippen molar-refractivity contribution in [2.45, 2.75) is 46.5 Å². The molecule has 0 N–H and O–H groups in total. The molecular weight excluding hydrogens is 496 g/mol. The fraction of sp³-hybridized carbons (Fsp3) is 0.231. The van der Waals surface area contributed by atoms with E-state index in [1.54, 1.807) is 0 Å². The van der Waals surface area contributed by atoms with Gasteiger partial charge in [-0.05, 0) is 117 Å². The van der Waals surface area contributed by atoms with Gasteiger partial charge in [0.2, 0.25) is 0 Å². The van der Waals surface area contributed by atoms with Gasteiger partial charge in [-0.3, -0.25) is 0 Å². The fourth-order valence-corrected chi connectivity index (χ4v) is 5.45. The van der Waals surface area contributed by atoms with Gasteiger partial charge in [0, 0.05) is 35.8 Å². The number of nitrogens with zero attached hydrogens (tertiary/aromatic N) is 2. The Morgan fingerprint density at radius 3 is 1.12 bits per heavy atom. The Labute approximate surface area is 246 Å². The summed E-state index contributed by atoms with van der Waals surface area (Å²) in [6, 6.07) is 46.8. The average molecular weight is 539 g/mol. The van der Waals surface area contributed by atoms with Gasteiger partial charge in [-0.1, -0.05) is 84.4 Å². The molecule has 5 aromatic carbocycles. The first-order valence-corrected chi connectivity index (χ1v) is 15.1. The summed E-state index contributed by atoms with van der Waals surface area (Å²) in [5.74, 6) is 0. The zero-order valence-corrected chi connectivity index (χ0v) is 24.8. The van der Waals surface area contributed by atoms with E-state index in [2.05, 4.69) is 158 Å². The Morgan fingerprint density at radius 1 is 0.390 bits per heavy atom. The van der Waals surface area contributed by atoms with Crippen LogP contribution in [0, 0.1) is 6.92 Å². The molecular formula is C39H42N2. The maximum absolute atomic E-state index is 2.39. The van der Waals surface area contributed by atoms with E-state index in [9.17, 15) is 0 Å². The Balaban J connectivity index is 1.29. The number of rotatable bonds is 12. The van der Waals surface area contributed by atoms with Crippen molar-refractivity contribution in [2.75, 3.05) is 22.9 Å². The van der Waals surface area contributed by atoms with Crippen molar-refractivity contribution in [3.05, 3.63) is 155 Å². The third-order valence-corrected chi connectivity index (χ3v) is 7.99. The summed E-state index contributed by atoms with van der Waals surface area (Å²) in [4.78, 5) is 4.75. The largest absolute Gasteiger partial charge is 0.372 e. The van der Waals surface area contributed by atoms with E-state index in [1.165, 1.54) is 50.6 Å². The van der Waals surface area contributed by atoms with Crippen LogP contribution < -0.4 is 9.80 Å². The first kappa shape index (κ1) is 28.2. The van der Waals surface area contributed by atoms with Gasteiger partial charge in [0.25, 0.3) is 0 Å². The molecule has 0 fully saturated rings. The second-order valence-electron chi connectivity index (χ2n) is 10.8. The van der Waals surface area contributed by atoms with Crippen LogP contribution in [0.3, 0.4) is 0 Å². The number of aryl methyl sites for hydroxylation is 5.